The maximum Gasteiger partial charge on any atom is 0.264 e. The van der Waals surface area contributed by atoms with Gasteiger partial charge in [0.25, 0.3) is 21.9 Å². The first-order chi connectivity index (χ1) is 15.5. The first-order valence-corrected chi connectivity index (χ1v) is 12.5. The zero-order chi connectivity index (χ0) is 23.9. The van der Waals surface area contributed by atoms with Crippen LogP contribution in [-0.4, -0.2) is 68.9 Å². The SMILES string of the molecule is CS(=O)(=O)OCCC1CCN(c2cc3c(cc2F)C(=O)N(C2CCC(=O)NC2=O)C3=O)CC1. The van der Waals surface area contributed by atoms with Crippen LogP contribution in [0.2, 0.25) is 0 Å². The number of carbonyl (C=O) groups is 4. The van der Waals surface area contributed by atoms with E-state index in [1.54, 1.807) is 4.90 Å². The Labute approximate surface area is 190 Å². The van der Waals surface area contributed by atoms with E-state index in [4.69, 9.17) is 4.18 Å². The van der Waals surface area contributed by atoms with E-state index in [1.165, 1.54) is 6.07 Å². The summed E-state index contributed by atoms with van der Waals surface area (Å²) in [4.78, 5) is 51.9. The van der Waals surface area contributed by atoms with Crippen LogP contribution in [0.4, 0.5) is 10.1 Å². The average molecular weight is 482 g/mol. The van der Waals surface area contributed by atoms with Crippen molar-refractivity contribution >= 4 is 39.4 Å². The highest BCUT2D eigenvalue weighted by molar-refractivity contribution is 7.85. The molecule has 0 saturated carbocycles. The molecule has 0 bridgehead atoms. The van der Waals surface area contributed by atoms with Gasteiger partial charge in [0, 0.05) is 19.5 Å². The number of hydrogen-bond donors (Lipinski definition) is 1. The van der Waals surface area contributed by atoms with E-state index < -0.39 is 45.6 Å². The van der Waals surface area contributed by atoms with Gasteiger partial charge in [-0.15, -0.1) is 0 Å². The van der Waals surface area contributed by atoms with Crippen molar-refractivity contribution in [2.24, 2.45) is 5.92 Å². The molecule has 3 aliphatic heterocycles. The van der Waals surface area contributed by atoms with Crippen molar-refractivity contribution in [1.82, 2.24) is 10.2 Å². The van der Waals surface area contributed by atoms with Gasteiger partial charge in [-0.3, -0.25) is 33.6 Å². The van der Waals surface area contributed by atoms with Crippen LogP contribution in [0.3, 0.4) is 0 Å². The molecule has 1 atom stereocenters. The number of nitrogens with zero attached hydrogens (tertiary/aromatic N) is 2. The number of benzene rings is 1. The molecule has 0 radical (unpaired) electrons. The Balaban J connectivity index is 1.46. The maximum absolute atomic E-state index is 14.9. The Morgan fingerprint density at radius 2 is 1.70 bits per heavy atom. The van der Waals surface area contributed by atoms with Crippen LogP contribution in [0.5, 0.6) is 0 Å². The number of fused-ring (bicyclic) bond motifs is 1. The summed E-state index contributed by atoms with van der Waals surface area (Å²) in [7, 11) is -3.48. The van der Waals surface area contributed by atoms with E-state index in [2.05, 4.69) is 5.32 Å². The summed E-state index contributed by atoms with van der Waals surface area (Å²) in [5, 5.41) is 2.13. The smallest absolute Gasteiger partial charge is 0.264 e. The van der Waals surface area contributed by atoms with Crippen molar-refractivity contribution in [3.63, 3.8) is 0 Å². The summed E-state index contributed by atoms with van der Waals surface area (Å²) >= 11 is 0. The summed E-state index contributed by atoms with van der Waals surface area (Å²) < 4.78 is 41.9. The number of anilines is 1. The van der Waals surface area contributed by atoms with E-state index in [9.17, 15) is 32.0 Å². The fraction of sp³-hybridized carbons (Fsp3) is 0.524. The minimum Gasteiger partial charge on any atom is -0.369 e. The summed E-state index contributed by atoms with van der Waals surface area (Å²) in [5.41, 5.74) is 0.134. The van der Waals surface area contributed by atoms with Crippen LogP contribution in [0.25, 0.3) is 0 Å². The van der Waals surface area contributed by atoms with Crippen LogP contribution >= 0.6 is 0 Å². The van der Waals surface area contributed by atoms with E-state index in [1.807, 2.05) is 0 Å². The second kappa shape index (κ2) is 8.82. The number of hydrogen-bond acceptors (Lipinski definition) is 8. The van der Waals surface area contributed by atoms with Gasteiger partial charge in [0.05, 0.1) is 29.7 Å². The molecule has 0 aromatic heterocycles. The molecule has 4 rings (SSSR count). The fourth-order valence-corrected chi connectivity index (χ4v) is 4.95. The van der Waals surface area contributed by atoms with Gasteiger partial charge in [-0.2, -0.15) is 8.42 Å². The van der Waals surface area contributed by atoms with Gasteiger partial charge in [-0.05, 0) is 43.7 Å². The second-order valence-electron chi connectivity index (χ2n) is 8.54. The van der Waals surface area contributed by atoms with Gasteiger partial charge in [0.1, 0.15) is 11.9 Å². The Morgan fingerprint density at radius 3 is 2.30 bits per heavy atom. The lowest BCUT2D eigenvalue weighted by Gasteiger charge is -2.34. The molecule has 3 aliphatic rings. The number of rotatable bonds is 6. The quantitative estimate of drug-likeness (QED) is 0.467. The van der Waals surface area contributed by atoms with E-state index >= 15 is 0 Å². The summed E-state index contributed by atoms with van der Waals surface area (Å²) in [5.74, 6) is -3.03. The monoisotopic (exact) mass is 481 g/mol. The minimum absolute atomic E-state index is 0.00753. The molecule has 10 nitrogen and oxygen atoms in total. The van der Waals surface area contributed by atoms with Gasteiger partial charge in [0.2, 0.25) is 11.8 Å². The van der Waals surface area contributed by atoms with Gasteiger partial charge < -0.3 is 4.90 Å². The van der Waals surface area contributed by atoms with Gasteiger partial charge in [0.15, 0.2) is 0 Å². The van der Waals surface area contributed by atoms with E-state index in [0.29, 0.717) is 32.4 Å². The molecule has 1 aromatic carbocycles. The van der Waals surface area contributed by atoms with E-state index in [0.717, 1.165) is 17.2 Å². The molecule has 3 heterocycles. The molecule has 178 valence electrons. The summed E-state index contributed by atoms with van der Waals surface area (Å²) in [6.07, 6.45) is 2.99. The van der Waals surface area contributed by atoms with Crippen molar-refractivity contribution in [3.05, 3.63) is 29.1 Å². The molecule has 1 unspecified atom stereocenters. The third-order valence-corrected chi connectivity index (χ3v) is 6.88. The van der Waals surface area contributed by atoms with Gasteiger partial charge >= 0.3 is 0 Å². The number of piperidine rings is 2. The van der Waals surface area contributed by atoms with Crippen LogP contribution < -0.4 is 10.2 Å². The lowest BCUT2D eigenvalue weighted by molar-refractivity contribution is -0.136. The molecular weight excluding hydrogens is 457 g/mol. The van der Waals surface area contributed by atoms with Crippen LogP contribution in [0, 0.1) is 11.7 Å². The largest absolute Gasteiger partial charge is 0.369 e. The Bertz CT molecular complexity index is 1130. The molecule has 12 heteroatoms. The topological polar surface area (TPSA) is 130 Å². The minimum atomic E-state index is -3.48. The van der Waals surface area contributed by atoms with Crippen LogP contribution in [0.1, 0.15) is 52.8 Å². The Morgan fingerprint density at radius 1 is 1.06 bits per heavy atom. The number of carbonyl (C=O) groups excluding carboxylic acids is 4. The third-order valence-electron chi connectivity index (χ3n) is 6.29. The molecule has 0 aliphatic carbocycles. The molecule has 0 spiro atoms. The van der Waals surface area contributed by atoms with E-state index in [-0.39, 0.29) is 42.2 Å². The molecular formula is C21H24FN3O7S. The second-order valence-corrected chi connectivity index (χ2v) is 10.2. The van der Waals surface area contributed by atoms with Crippen LogP contribution in [-0.2, 0) is 23.9 Å². The molecule has 33 heavy (non-hydrogen) atoms. The van der Waals surface area contributed by atoms with Crippen molar-refractivity contribution in [2.45, 2.75) is 38.1 Å². The summed E-state index contributed by atoms with van der Waals surface area (Å²) in [6.45, 7) is 1.10. The van der Waals surface area contributed by atoms with Gasteiger partial charge in [-0.25, -0.2) is 4.39 Å². The lowest BCUT2D eigenvalue weighted by atomic mass is 9.93. The number of amides is 4. The Kier molecular flexibility index (Phi) is 6.23. The maximum atomic E-state index is 14.9. The van der Waals surface area contributed by atoms with Crippen molar-refractivity contribution in [3.8, 4) is 0 Å². The first-order valence-electron chi connectivity index (χ1n) is 10.7. The Hall–Kier alpha value is -2.86. The summed E-state index contributed by atoms with van der Waals surface area (Å²) in [6, 6.07) is 1.28. The van der Waals surface area contributed by atoms with Crippen molar-refractivity contribution in [2.75, 3.05) is 30.9 Å². The molecule has 4 amide bonds. The molecule has 1 aromatic rings. The molecule has 2 saturated heterocycles. The van der Waals surface area contributed by atoms with Crippen LogP contribution in [0.15, 0.2) is 12.1 Å². The number of halogens is 1. The molecule has 1 N–H and O–H groups in total. The average Bonchev–Trinajstić information content (AvgIpc) is 2.97. The zero-order valence-corrected chi connectivity index (χ0v) is 18.8. The van der Waals surface area contributed by atoms with Crippen molar-refractivity contribution in [1.29, 1.82) is 0 Å². The predicted octanol–water partition coefficient (Wildman–Crippen LogP) is 0.810. The fourth-order valence-electron chi connectivity index (χ4n) is 4.55. The normalized spacial score (nSPS) is 22.1. The molecule has 2 fully saturated rings. The lowest BCUT2D eigenvalue weighted by Crippen LogP contribution is -2.54. The highest BCUT2D eigenvalue weighted by Gasteiger charge is 2.45. The standard InChI is InChI=1S/C21H24FN3O7S/c1-33(30,31)32-9-6-12-4-7-24(8-5-12)17-11-14-13(10-15(17)22)20(28)25(21(14)29)16-2-3-18(26)23-19(16)27/h10-12,16H,2-9H2,1H3,(H,23,26,27). The predicted molar refractivity (Wildman–Crippen MR) is 113 cm³/mol. The highest BCUT2D eigenvalue weighted by Crippen LogP contribution is 2.34. The van der Waals surface area contributed by atoms with Gasteiger partial charge in [-0.1, -0.05) is 0 Å². The van der Waals surface area contributed by atoms with Crippen molar-refractivity contribution < 1.29 is 36.2 Å². The third kappa shape index (κ3) is 4.76. The number of nitrogens with one attached hydrogen (secondary N) is 1. The first kappa shape index (κ1) is 23.3. The highest BCUT2D eigenvalue weighted by atomic mass is 32.2. The number of imide groups is 2. The zero-order valence-electron chi connectivity index (χ0n) is 18.0.